The molecule has 0 radical (unpaired) electrons. The molecule has 96 valence electrons. The maximum Gasteiger partial charge on any atom is 0.138 e. The van der Waals surface area contributed by atoms with Gasteiger partial charge in [-0.1, -0.05) is 12.1 Å². The Hall–Kier alpha value is -2.27. The van der Waals surface area contributed by atoms with Gasteiger partial charge in [-0.05, 0) is 30.7 Å². The van der Waals surface area contributed by atoms with E-state index in [1.54, 1.807) is 0 Å². The number of nitrogens with zero attached hydrogens (tertiary/aromatic N) is 3. The van der Waals surface area contributed by atoms with Crippen molar-refractivity contribution < 1.29 is 0 Å². The molecule has 0 saturated carbocycles. The van der Waals surface area contributed by atoms with Gasteiger partial charge in [0.1, 0.15) is 12.2 Å². The molecule has 0 aliphatic carbocycles. The standard InChI is InChI=1S/C14H15N5/c1-10-2-4-12-6-11(3-5-13(12)18-10)7-15-8-14-16-9-17-19-14/h2-6,9,15H,7-8H2,1H3,(H,16,17,19). The predicted molar refractivity (Wildman–Crippen MR) is 73.4 cm³/mol. The maximum absolute atomic E-state index is 4.49. The van der Waals surface area contributed by atoms with Crippen LogP contribution < -0.4 is 5.32 Å². The summed E-state index contributed by atoms with van der Waals surface area (Å²) in [5.41, 5.74) is 3.32. The summed E-state index contributed by atoms with van der Waals surface area (Å²) in [5.74, 6) is 0.845. The van der Waals surface area contributed by atoms with Crippen molar-refractivity contribution in [1.82, 2.24) is 25.5 Å². The number of hydrogen-bond donors (Lipinski definition) is 2. The fraction of sp³-hybridized carbons (Fsp3) is 0.214. The van der Waals surface area contributed by atoms with Gasteiger partial charge in [0.15, 0.2) is 0 Å². The number of hydrogen-bond acceptors (Lipinski definition) is 4. The van der Waals surface area contributed by atoms with E-state index in [0.29, 0.717) is 6.54 Å². The summed E-state index contributed by atoms with van der Waals surface area (Å²) in [6.07, 6.45) is 1.51. The second kappa shape index (κ2) is 5.16. The summed E-state index contributed by atoms with van der Waals surface area (Å²) in [5, 5.41) is 11.1. The van der Waals surface area contributed by atoms with Crippen molar-refractivity contribution in [1.29, 1.82) is 0 Å². The second-order valence-electron chi connectivity index (χ2n) is 4.52. The number of pyridine rings is 1. The Bertz CT molecular complexity index is 675. The Morgan fingerprint density at radius 2 is 2.11 bits per heavy atom. The highest BCUT2D eigenvalue weighted by Gasteiger charge is 1.99. The molecule has 2 N–H and O–H groups in total. The lowest BCUT2D eigenvalue weighted by Crippen LogP contribution is -2.13. The summed E-state index contributed by atoms with van der Waals surface area (Å²) < 4.78 is 0. The molecule has 0 saturated heterocycles. The number of aromatic nitrogens is 4. The first kappa shape index (κ1) is 11.8. The average Bonchev–Trinajstić information content (AvgIpc) is 2.92. The molecule has 0 atom stereocenters. The Balaban J connectivity index is 1.69. The van der Waals surface area contributed by atoms with Crippen LogP contribution in [0.25, 0.3) is 10.9 Å². The van der Waals surface area contributed by atoms with Gasteiger partial charge in [0, 0.05) is 17.6 Å². The molecule has 3 aromatic rings. The van der Waals surface area contributed by atoms with E-state index in [9.17, 15) is 0 Å². The molecular weight excluding hydrogens is 238 g/mol. The molecule has 5 heteroatoms. The number of aromatic amines is 1. The van der Waals surface area contributed by atoms with E-state index in [1.807, 2.05) is 13.0 Å². The second-order valence-corrected chi connectivity index (χ2v) is 4.52. The molecular formula is C14H15N5. The number of H-pyrrole nitrogens is 1. The molecule has 0 amide bonds. The van der Waals surface area contributed by atoms with Crippen LogP contribution in [-0.2, 0) is 13.1 Å². The zero-order valence-corrected chi connectivity index (χ0v) is 10.7. The van der Waals surface area contributed by atoms with Gasteiger partial charge < -0.3 is 5.32 Å². The first-order chi connectivity index (χ1) is 9.31. The zero-order valence-electron chi connectivity index (χ0n) is 10.7. The van der Waals surface area contributed by atoms with Crippen LogP contribution in [0.1, 0.15) is 17.1 Å². The maximum atomic E-state index is 4.49. The minimum absolute atomic E-state index is 0.685. The minimum Gasteiger partial charge on any atom is -0.306 e. The van der Waals surface area contributed by atoms with Crippen molar-refractivity contribution in [2.75, 3.05) is 0 Å². The summed E-state index contributed by atoms with van der Waals surface area (Å²) >= 11 is 0. The highest BCUT2D eigenvalue weighted by atomic mass is 15.2. The highest BCUT2D eigenvalue weighted by molar-refractivity contribution is 5.79. The summed E-state index contributed by atoms with van der Waals surface area (Å²) in [7, 11) is 0. The van der Waals surface area contributed by atoms with Crippen LogP contribution in [0.15, 0.2) is 36.7 Å². The summed E-state index contributed by atoms with van der Waals surface area (Å²) in [4.78, 5) is 8.56. The number of fused-ring (bicyclic) bond motifs is 1. The fourth-order valence-corrected chi connectivity index (χ4v) is 2.03. The van der Waals surface area contributed by atoms with Crippen LogP contribution >= 0.6 is 0 Å². The largest absolute Gasteiger partial charge is 0.306 e. The van der Waals surface area contributed by atoms with Gasteiger partial charge >= 0.3 is 0 Å². The Kier molecular flexibility index (Phi) is 3.20. The molecule has 2 heterocycles. The Morgan fingerprint density at radius 1 is 1.16 bits per heavy atom. The fourth-order valence-electron chi connectivity index (χ4n) is 2.03. The van der Waals surface area contributed by atoms with Gasteiger partial charge in [-0.25, -0.2) is 4.98 Å². The molecule has 0 aliphatic rings. The smallest absolute Gasteiger partial charge is 0.138 e. The van der Waals surface area contributed by atoms with Gasteiger partial charge in [-0.15, -0.1) is 0 Å². The van der Waals surface area contributed by atoms with Crippen molar-refractivity contribution in [2.24, 2.45) is 0 Å². The van der Waals surface area contributed by atoms with E-state index < -0.39 is 0 Å². The lowest BCUT2D eigenvalue weighted by atomic mass is 10.1. The number of nitrogens with one attached hydrogen (secondary N) is 2. The molecule has 0 spiro atoms. The van der Waals surface area contributed by atoms with E-state index >= 15 is 0 Å². The zero-order chi connectivity index (χ0) is 13.1. The molecule has 0 fully saturated rings. The number of rotatable bonds is 4. The molecule has 5 nitrogen and oxygen atoms in total. The molecule has 0 aliphatic heterocycles. The quantitative estimate of drug-likeness (QED) is 0.746. The third-order valence-corrected chi connectivity index (χ3v) is 2.98. The van der Waals surface area contributed by atoms with E-state index in [-0.39, 0.29) is 0 Å². The number of aryl methyl sites for hydroxylation is 1. The summed E-state index contributed by atoms with van der Waals surface area (Å²) in [6, 6.07) is 10.5. The molecule has 1 aromatic carbocycles. The van der Waals surface area contributed by atoms with Gasteiger partial charge in [0.05, 0.1) is 12.1 Å². The first-order valence-corrected chi connectivity index (χ1v) is 6.22. The Morgan fingerprint density at radius 3 is 2.95 bits per heavy atom. The van der Waals surface area contributed by atoms with Crippen molar-refractivity contribution in [3.8, 4) is 0 Å². The number of benzene rings is 1. The lowest BCUT2D eigenvalue weighted by Gasteiger charge is -2.05. The van der Waals surface area contributed by atoms with E-state index in [0.717, 1.165) is 23.6 Å². The van der Waals surface area contributed by atoms with E-state index in [4.69, 9.17) is 0 Å². The lowest BCUT2D eigenvalue weighted by molar-refractivity contribution is 0.665. The molecule has 0 bridgehead atoms. The van der Waals surface area contributed by atoms with Gasteiger partial charge in [-0.3, -0.25) is 10.1 Å². The third kappa shape index (κ3) is 2.77. The summed E-state index contributed by atoms with van der Waals surface area (Å²) in [6.45, 7) is 3.49. The van der Waals surface area contributed by atoms with E-state index in [1.165, 1.54) is 17.3 Å². The van der Waals surface area contributed by atoms with Crippen molar-refractivity contribution in [3.63, 3.8) is 0 Å². The molecule has 19 heavy (non-hydrogen) atoms. The molecule has 0 unspecified atom stereocenters. The van der Waals surface area contributed by atoms with Crippen molar-refractivity contribution >= 4 is 10.9 Å². The molecule has 2 aromatic heterocycles. The van der Waals surface area contributed by atoms with Gasteiger partial charge in [-0.2, -0.15) is 5.10 Å². The van der Waals surface area contributed by atoms with E-state index in [2.05, 4.69) is 49.7 Å². The van der Waals surface area contributed by atoms with Crippen molar-refractivity contribution in [2.45, 2.75) is 20.0 Å². The SMILES string of the molecule is Cc1ccc2cc(CNCc3ncn[nH]3)ccc2n1. The normalized spacial score (nSPS) is 11.0. The predicted octanol–water partition coefficient (Wildman–Crippen LogP) is 1.95. The van der Waals surface area contributed by atoms with Crippen LogP contribution in [0.2, 0.25) is 0 Å². The Labute approximate surface area is 111 Å². The average molecular weight is 253 g/mol. The molecule has 3 rings (SSSR count). The third-order valence-electron chi connectivity index (χ3n) is 2.98. The van der Waals surface area contributed by atoms with Gasteiger partial charge in [0.25, 0.3) is 0 Å². The topological polar surface area (TPSA) is 66.5 Å². The van der Waals surface area contributed by atoms with Crippen LogP contribution in [0.4, 0.5) is 0 Å². The van der Waals surface area contributed by atoms with Gasteiger partial charge in [0.2, 0.25) is 0 Å². The highest BCUT2D eigenvalue weighted by Crippen LogP contribution is 2.14. The van der Waals surface area contributed by atoms with Crippen LogP contribution in [0.5, 0.6) is 0 Å². The van der Waals surface area contributed by atoms with Crippen LogP contribution in [-0.4, -0.2) is 20.2 Å². The van der Waals surface area contributed by atoms with Crippen LogP contribution in [0, 0.1) is 6.92 Å². The van der Waals surface area contributed by atoms with Crippen LogP contribution in [0.3, 0.4) is 0 Å². The van der Waals surface area contributed by atoms with Crippen molar-refractivity contribution in [3.05, 3.63) is 53.7 Å². The first-order valence-electron chi connectivity index (χ1n) is 6.22. The monoisotopic (exact) mass is 253 g/mol. The minimum atomic E-state index is 0.685.